The second-order valence-corrected chi connectivity index (χ2v) is 7.11. The summed E-state index contributed by atoms with van der Waals surface area (Å²) < 4.78 is 18.7. The molecule has 0 radical (unpaired) electrons. The Morgan fingerprint density at radius 2 is 1.85 bits per heavy atom. The van der Waals surface area contributed by atoms with E-state index in [1.807, 2.05) is 0 Å². The molecule has 168 valence electrons. The van der Waals surface area contributed by atoms with E-state index in [-0.39, 0.29) is 39.0 Å². The molecule has 0 saturated heterocycles. The Labute approximate surface area is 192 Å². The van der Waals surface area contributed by atoms with Crippen LogP contribution in [0.2, 0.25) is 5.02 Å². The number of non-ortho nitro benzene ring substituents is 1. The average Bonchev–Trinajstić information content (AvgIpc) is 2.78. The zero-order valence-corrected chi connectivity index (χ0v) is 17.9. The van der Waals surface area contributed by atoms with Crippen LogP contribution in [0.5, 0.6) is 5.75 Å². The van der Waals surface area contributed by atoms with E-state index in [1.54, 1.807) is 0 Å². The van der Waals surface area contributed by atoms with Gasteiger partial charge in [0.05, 0.1) is 17.6 Å². The molecular formula is C23H17ClFN3O5. The zero-order valence-electron chi connectivity index (χ0n) is 17.2. The Morgan fingerprint density at radius 3 is 2.55 bits per heavy atom. The fourth-order valence-corrected chi connectivity index (χ4v) is 3.04. The lowest BCUT2D eigenvalue weighted by Crippen LogP contribution is -2.31. The van der Waals surface area contributed by atoms with Crippen molar-refractivity contribution in [1.82, 2.24) is 5.32 Å². The standard InChI is InChI=1S/C23H17ClFN3O5/c1-33-21-9-8-15(24)12-19(21)22(29)27-20(11-14-4-2-7-18(10-14)28(31)32)23(30)26-17-6-3-5-16(25)13-17/h2-13H,1H3,(H,26,30)(H,27,29)/b20-11-. The van der Waals surface area contributed by atoms with Crippen LogP contribution in [-0.2, 0) is 4.79 Å². The normalized spacial score (nSPS) is 10.9. The van der Waals surface area contributed by atoms with Gasteiger partial charge in [-0.15, -0.1) is 0 Å². The molecule has 0 fully saturated rings. The van der Waals surface area contributed by atoms with Crippen LogP contribution < -0.4 is 15.4 Å². The van der Waals surface area contributed by atoms with E-state index in [0.717, 1.165) is 6.07 Å². The number of nitrogens with one attached hydrogen (secondary N) is 2. The van der Waals surface area contributed by atoms with Crippen LogP contribution in [0, 0.1) is 15.9 Å². The van der Waals surface area contributed by atoms with Crippen LogP contribution in [0.4, 0.5) is 15.8 Å². The fourth-order valence-electron chi connectivity index (χ4n) is 2.87. The summed E-state index contributed by atoms with van der Waals surface area (Å²) in [6.07, 6.45) is 1.26. The lowest BCUT2D eigenvalue weighted by molar-refractivity contribution is -0.384. The Hall–Kier alpha value is -4.24. The van der Waals surface area contributed by atoms with Gasteiger partial charge in [0, 0.05) is 22.8 Å². The van der Waals surface area contributed by atoms with Crippen molar-refractivity contribution in [1.29, 1.82) is 0 Å². The summed E-state index contributed by atoms with van der Waals surface area (Å²) in [6, 6.07) is 15.1. The molecule has 2 amide bonds. The van der Waals surface area contributed by atoms with E-state index in [4.69, 9.17) is 16.3 Å². The summed E-state index contributed by atoms with van der Waals surface area (Å²) in [4.78, 5) is 36.4. The Balaban J connectivity index is 1.98. The van der Waals surface area contributed by atoms with Crippen molar-refractivity contribution < 1.29 is 23.6 Å². The van der Waals surface area contributed by atoms with E-state index in [9.17, 15) is 24.1 Å². The molecule has 0 bridgehead atoms. The minimum absolute atomic E-state index is 0.0634. The fraction of sp³-hybridized carbons (Fsp3) is 0.0435. The molecule has 10 heteroatoms. The molecule has 2 N–H and O–H groups in total. The van der Waals surface area contributed by atoms with Crippen LogP contribution in [0.3, 0.4) is 0 Å². The first-order chi connectivity index (χ1) is 15.8. The number of carbonyl (C=O) groups excluding carboxylic acids is 2. The topological polar surface area (TPSA) is 111 Å². The van der Waals surface area contributed by atoms with Crippen molar-refractivity contribution in [3.8, 4) is 5.75 Å². The van der Waals surface area contributed by atoms with Crippen molar-refractivity contribution in [2.75, 3.05) is 12.4 Å². The SMILES string of the molecule is COc1ccc(Cl)cc1C(=O)N/C(=C\c1cccc([N+](=O)[O-])c1)C(=O)Nc1cccc(F)c1. The average molecular weight is 470 g/mol. The molecule has 0 aromatic heterocycles. The van der Waals surface area contributed by atoms with Gasteiger partial charge < -0.3 is 15.4 Å². The molecule has 8 nitrogen and oxygen atoms in total. The number of rotatable bonds is 7. The number of methoxy groups -OCH3 is 1. The molecule has 33 heavy (non-hydrogen) atoms. The van der Waals surface area contributed by atoms with Gasteiger partial charge >= 0.3 is 0 Å². The van der Waals surface area contributed by atoms with Crippen LogP contribution in [0.25, 0.3) is 6.08 Å². The summed E-state index contributed by atoms with van der Waals surface area (Å²) in [6.45, 7) is 0. The summed E-state index contributed by atoms with van der Waals surface area (Å²) in [5, 5.41) is 16.3. The van der Waals surface area contributed by atoms with Gasteiger partial charge in [0.25, 0.3) is 17.5 Å². The van der Waals surface area contributed by atoms with Gasteiger partial charge in [-0.3, -0.25) is 19.7 Å². The van der Waals surface area contributed by atoms with Crippen LogP contribution in [-0.4, -0.2) is 23.8 Å². The third kappa shape index (κ3) is 6.14. The predicted molar refractivity (Wildman–Crippen MR) is 122 cm³/mol. The number of amides is 2. The summed E-state index contributed by atoms with van der Waals surface area (Å²) in [5.74, 6) is -1.83. The lowest BCUT2D eigenvalue weighted by atomic mass is 10.1. The van der Waals surface area contributed by atoms with E-state index in [2.05, 4.69) is 10.6 Å². The van der Waals surface area contributed by atoms with E-state index < -0.39 is 22.6 Å². The van der Waals surface area contributed by atoms with Crippen LogP contribution >= 0.6 is 11.6 Å². The maximum absolute atomic E-state index is 13.5. The van der Waals surface area contributed by atoms with Gasteiger partial charge in [-0.05, 0) is 48.0 Å². The monoisotopic (exact) mass is 469 g/mol. The third-order valence-electron chi connectivity index (χ3n) is 4.37. The van der Waals surface area contributed by atoms with E-state index >= 15 is 0 Å². The number of anilines is 1. The highest BCUT2D eigenvalue weighted by Gasteiger charge is 2.19. The Kier molecular flexibility index (Phi) is 7.37. The molecule has 0 saturated carbocycles. The highest BCUT2D eigenvalue weighted by atomic mass is 35.5. The van der Waals surface area contributed by atoms with Gasteiger partial charge in [0.2, 0.25) is 0 Å². The van der Waals surface area contributed by atoms with Crippen molar-refractivity contribution in [2.24, 2.45) is 0 Å². The molecule has 3 aromatic rings. The summed E-state index contributed by atoms with van der Waals surface area (Å²) >= 11 is 5.99. The second-order valence-electron chi connectivity index (χ2n) is 6.67. The number of benzene rings is 3. The first kappa shape index (κ1) is 23.4. The van der Waals surface area contributed by atoms with Crippen molar-refractivity contribution in [2.45, 2.75) is 0 Å². The van der Waals surface area contributed by atoms with Gasteiger partial charge in [-0.1, -0.05) is 29.8 Å². The molecule has 0 aliphatic rings. The molecule has 0 aliphatic heterocycles. The lowest BCUT2D eigenvalue weighted by Gasteiger charge is -2.13. The molecule has 0 aliphatic carbocycles. The van der Waals surface area contributed by atoms with Gasteiger partial charge in [-0.25, -0.2) is 4.39 Å². The number of nitro benzene ring substituents is 1. The number of nitrogens with zero attached hydrogens (tertiary/aromatic N) is 1. The number of hydrogen-bond acceptors (Lipinski definition) is 5. The number of halogens is 2. The molecule has 0 spiro atoms. The van der Waals surface area contributed by atoms with Crippen molar-refractivity contribution in [3.63, 3.8) is 0 Å². The molecule has 0 heterocycles. The highest BCUT2D eigenvalue weighted by Crippen LogP contribution is 2.23. The minimum Gasteiger partial charge on any atom is -0.496 e. The number of hydrogen-bond donors (Lipinski definition) is 2. The molecular weight excluding hydrogens is 453 g/mol. The zero-order chi connectivity index (χ0) is 24.0. The van der Waals surface area contributed by atoms with Gasteiger partial charge in [0.1, 0.15) is 17.3 Å². The van der Waals surface area contributed by atoms with E-state index in [0.29, 0.717) is 0 Å². The quantitative estimate of drug-likeness (QED) is 0.293. The molecule has 3 aromatic carbocycles. The predicted octanol–water partition coefficient (Wildman–Crippen LogP) is 4.81. The first-order valence-corrected chi connectivity index (χ1v) is 9.82. The minimum atomic E-state index is -0.776. The van der Waals surface area contributed by atoms with Crippen molar-refractivity contribution >= 4 is 40.9 Å². The van der Waals surface area contributed by atoms with E-state index in [1.165, 1.54) is 73.8 Å². The molecule has 0 unspecified atom stereocenters. The molecule has 3 rings (SSSR count). The largest absolute Gasteiger partial charge is 0.496 e. The smallest absolute Gasteiger partial charge is 0.272 e. The number of nitro groups is 1. The maximum Gasteiger partial charge on any atom is 0.272 e. The summed E-state index contributed by atoms with van der Waals surface area (Å²) in [7, 11) is 1.37. The Bertz CT molecular complexity index is 1260. The van der Waals surface area contributed by atoms with Gasteiger partial charge in [-0.2, -0.15) is 0 Å². The van der Waals surface area contributed by atoms with Gasteiger partial charge in [0.15, 0.2) is 0 Å². The first-order valence-electron chi connectivity index (χ1n) is 9.45. The highest BCUT2D eigenvalue weighted by molar-refractivity contribution is 6.31. The van der Waals surface area contributed by atoms with Crippen molar-refractivity contribution in [3.05, 3.63) is 105 Å². The number of ether oxygens (including phenoxy) is 1. The molecule has 0 atom stereocenters. The second kappa shape index (κ2) is 10.4. The summed E-state index contributed by atoms with van der Waals surface area (Å²) in [5.41, 5.74) is 0.0586. The number of carbonyl (C=O) groups is 2. The third-order valence-corrected chi connectivity index (χ3v) is 4.61. The Morgan fingerprint density at radius 1 is 1.09 bits per heavy atom. The van der Waals surface area contributed by atoms with Crippen LogP contribution in [0.1, 0.15) is 15.9 Å². The maximum atomic E-state index is 13.5. The van der Waals surface area contributed by atoms with Crippen LogP contribution in [0.15, 0.2) is 72.4 Å².